The van der Waals surface area contributed by atoms with Gasteiger partial charge in [0.15, 0.2) is 11.7 Å². The number of aromatic nitrogens is 4. The van der Waals surface area contributed by atoms with Crippen LogP contribution in [0.25, 0.3) is 10.9 Å². The zero-order valence-corrected chi connectivity index (χ0v) is 18.6. The lowest BCUT2D eigenvalue weighted by molar-refractivity contribution is 0.0914. The Labute approximate surface area is 198 Å². The van der Waals surface area contributed by atoms with Crippen LogP contribution >= 0.6 is 0 Å². The van der Waals surface area contributed by atoms with Crippen LogP contribution in [0.15, 0.2) is 40.3 Å². The van der Waals surface area contributed by atoms with Gasteiger partial charge in [-0.2, -0.15) is 4.98 Å². The fourth-order valence-electron chi connectivity index (χ4n) is 4.11. The number of halogens is 3. The van der Waals surface area contributed by atoms with E-state index in [1.54, 1.807) is 0 Å². The highest BCUT2D eigenvalue weighted by Gasteiger charge is 2.26. The Bertz CT molecular complexity index is 1300. The van der Waals surface area contributed by atoms with Crippen molar-refractivity contribution in [2.75, 3.05) is 5.73 Å². The van der Waals surface area contributed by atoms with Gasteiger partial charge in [0.1, 0.15) is 11.6 Å². The van der Waals surface area contributed by atoms with Crippen molar-refractivity contribution in [2.45, 2.75) is 44.3 Å². The van der Waals surface area contributed by atoms with Crippen LogP contribution in [0.3, 0.4) is 0 Å². The molecule has 1 amide bonds. The largest absolute Gasteiger partial charge is 0.366 e. The number of anilines is 1. The Morgan fingerprint density at radius 1 is 1.29 bits per heavy atom. The van der Waals surface area contributed by atoms with Crippen LogP contribution in [0.5, 0.6) is 0 Å². The van der Waals surface area contributed by atoms with Crippen molar-refractivity contribution in [1.82, 2.24) is 30.8 Å². The molecule has 13 heteroatoms. The molecule has 1 fully saturated rings. The number of nitrogens with one attached hydrogen (secondary N) is 4. The minimum absolute atomic E-state index is 0.0115. The molecule has 4 rings (SSSR count). The quantitative estimate of drug-likeness (QED) is 0.257. The molecule has 184 valence electrons. The highest BCUT2D eigenvalue weighted by atomic mass is 19.1. The molecule has 0 bridgehead atoms. The van der Waals surface area contributed by atoms with Crippen LogP contribution in [0.1, 0.15) is 41.9 Å². The Balaban J connectivity index is 1.47. The fourth-order valence-corrected chi connectivity index (χ4v) is 4.11. The summed E-state index contributed by atoms with van der Waals surface area (Å²) in [6.07, 6.45) is 5.17. The number of rotatable bonds is 7. The maximum Gasteiger partial charge on any atom is 0.288 e. The molecule has 0 aliphatic heterocycles. The molecule has 2 atom stereocenters. The average Bonchev–Trinajstić information content (AvgIpc) is 3.43. The SMILES string of the molecule is C=N/C=C(/F)C(=NCc1c[nH]c2c(F)cc(F)cc12)N[C@H]1CCC[C@@H](NC(=O)c2nc(N)n[nH]2)C1. The van der Waals surface area contributed by atoms with E-state index in [-0.39, 0.29) is 41.8 Å². The van der Waals surface area contributed by atoms with Crippen molar-refractivity contribution in [3.63, 3.8) is 0 Å². The molecule has 0 unspecified atom stereocenters. The molecule has 0 radical (unpaired) electrons. The molecule has 3 aromatic rings. The fraction of sp³-hybridized carbons (Fsp3) is 0.318. The van der Waals surface area contributed by atoms with Crippen molar-refractivity contribution >= 4 is 35.3 Å². The number of nitrogens with two attached hydrogens (primary N) is 1. The average molecular weight is 487 g/mol. The number of carbonyl (C=O) groups excluding carboxylic acids is 1. The van der Waals surface area contributed by atoms with Crippen molar-refractivity contribution in [3.8, 4) is 0 Å². The van der Waals surface area contributed by atoms with Crippen molar-refractivity contribution in [1.29, 1.82) is 0 Å². The van der Waals surface area contributed by atoms with Crippen LogP contribution in [0.4, 0.5) is 19.1 Å². The third-order valence-electron chi connectivity index (χ3n) is 5.70. The van der Waals surface area contributed by atoms with Gasteiger partial charge in [-0.05, 0) is 44.0 Å². The first-order chi connectivity index (χ1) is 16.8. The molecule has 10 nitrogen and oxygen atoms in total. The second-order valence-electron chi connectivity index (χ2n) is 8.17. The number of hydrogen-bond donors (Lipinski definition) is 5. The zero-order chi connectivity index (χ0) is 24.9. The maximum atomic E-state index is 14.7. The van der Waals surface area contributed by atoms with E-state index in [2.05, 4.69) is 47.5 Å². The summed E-state index contributed by atoms with van der Waals surface area (Å²) in [5.74, 6) is -2.70. The Hall–Kier alpha value is -4.16. The van der Waals surface area contributed by atoms with Gasteiger partial charge in [-0.15, -0.1) is 5.10 Å². The van der Waals surface area contributed by atoms with Gasteiger partial charge in [-0.25, -0.2) is 13.2 Å². The number of benzene rings is 1. The lowest BCUT2D eigenvalue weighted by atomic mass is 9.91. The monoisotopic (exact) mass is 487 g/mol. The summed E-state index contributed by atoms with van der Waals surface area (Å²) in [6, 6.07) is 1.59. The van der Waals surface area contributed by atoms with E-state index in [4.69, 9.17) is 5.73 Å². The summed E-state index contributed by atoms with van der Waals surface area (Å²) >= 11 is 0. The summed E-state index contributed by atoms with van der Waals surface area (Å²) in [6.45, 7) is 3.23. The number of amides is 1. The molecular formula is C22H24F3N9O. The summed E-state index contributed by atoms with van der Waals surface area (Å²) in [7, 11) is 0. The maximum absolute atomic E-state index is 14.7. The van der Waals surface area contributed by atoms with E-state index in [1.807, 2.05) is 0 Å². The van der Waals surface area contributed by atoms with Gasteiger partial charge in [0, 0.05) is 29.7 Å². The number of aromatic amines is 2. The zero-order valence-electron chi connectivity index (χ0n) is 18.6. The van der Waals surface area contributed by atoms with Gasteiger partial charge in [-0.1, -0.05) is 0 Å². The smallest absolute Gasteiger partial charge is 0.288 e. The third-order valence-corrected chi connectivity index (χ3v) is 5.70. The van der Waals surface area contributed by atoms with Gasteiger partial charge >= 0.3 is 0 Å². The normalized spacial score (nSPS) is 19.1. The lowest BCUT2D eigenvalue weighted by Crippen LogP contribution is -2.46. The number of amidine groups is 1. The molecule has 1 aliphatic carbocycles. The first-order valence-electron chi connectivity index (χ1n) is 10.9. The van der Waals surface area contributed by atoms with Crippen LogP contribution < -0.4 is 16.4 Å². The molecule has 1 aromatic carbocycles. The van der Waals surface area contributed by atoms with E-state index >= 15 is 0 Å². The molecule has 2 aromatic heterocycles. The topological polar surface area (TPSA) is 149 Å². The van der Waals surface area contributed by atoms with Gasteiger partial charge in [-0.3, -0.25) is 19.9 Å². The number of aliphatic imine (C=N–C) groups is 2. The number of hydrogen-bond acceptors (Lipinski definition) is 6. The van der Waals surface area contributed by atoms with Gasteiger partial charge < -0.3 is 21.4 Å². The molecule has 0 saturated heterocycles. The first-order valence-corrected chi connectivity index (χ1v) is 10.9. The van der Waals surface area contributed by atoms with E-state index < -0.39 is 23.4 Å². The third kappa shape index (κ3) is 5.67. The standard InChI is InChI=1S/C22H24F3N9O/c1-27-10-17(25)19(29-9-11-8-28-18-15(11)5-12(23)6-16(18)24)30-13-3-2-4-14(7-13)31-21(35)20-32-22(26)34-33-20/h5-6,8,10,13-14,28H,1-4,7,9H2,(H,29,30)(H,31,35)(H3,26,32,33,34)/b17-10+/t13-,14+/m0/s1. The molecule has 2 heterocycles. The van der Waals surface area contributed by atoms with Crippen LogP contribution in [-0.4, -0.2) is 50.7 Å². The van der Waals surface area contributed by atoms with Gasteiger partial charge in [0.25, 0.3) is 5.91 Å². The Morgan fingerprint density at radius 3 is 2.77 bits per heavy atom. The summed E-state index contributed by atoms with van der Waals surface area (Å²) in [4.78, 5) is 26.7. The molecule has 35 heavy (non-hydrogen) atoms. The van der Waals surface area contributed by atoms with Crippen molar-refractivity contribution in [3.05, 3.63) is 53.4 Å². The molecule has 6 N–H and O–H groups in total. The number of fused-ring (bicyclic) bond motifs is 1. The number of H-pyrrole nitrogens is 2. The van der Waals surface area contributed by atoms with Crippen LogP contribution in [0.2, 0.25) is 0 Å². The second kappa shape index (κ2) is 10.4. The van der Waals surface area contributed by atoms with E-state index in [0.29, 0.717) is 17.4 Å². The van der Waals surface area contributed by atoms with Crippen molar-refractivity contribution in [2.24, 2.45) is 9.98 Å². The predicted octanol–water partition coefficient (Wildman–Crippen LogP) is 2.89. The summed E-state index contributed by atoms with van der Waals surface area (Å²) in [5, 5.41) is 12.4. The predicted molar refractivity (Wildman–Crippen MR) is 126 cm³/mol. The minimum Gasteiger partial charge on any atom is -0.366 e. The van der Waals surface area contributed by atoms with Gasteiger partial charge in [0.05, 0.1) is 18.3 Å². The summed E-state index contributed by atoms with van der Waals surface area (Å²) in [5.41, 5.74) is 6.08. The van der Waals surface area contributed by atoms with Crippen LogP contribution in [-0.2, 0) is 6.54 Å². The Kier molecular flexibility index (Phi) is 7.13. The highest BCUT2D eigenvalue weighted by Crippen LogP contribution is 2.24. The minimum atomic E-state index is -0.736. The molecular weight excluding hydrogens is 463 g/mol. The van der Waals surface area contributed by atoms with Crippen LogP contribution in [0, 0.1) is 11.6 Å². The lowest BCUT2D eigenvalue weighted by Gasteiger charge is -2.30. The number of nitrogen functional groups attached to an aromatic ring is 1. The second-order valence-corrected chi connectivity index (χ2v) is 8.17. The molecule has 1 aliphatic rings. The van der Waals surface area contributed by atoms with E-state index in [9.17, 15) is 18.0 Å². The first kappa shape index (κ1) is 24.0. The van der Waals surface area contributed by atoms with E-state index in [1.165, 1.54) is 12.3 Å². The number of carbonyl (C=O) groups is 1. The highest BCUT2D eigenvalue weighted by molar-refractivity contribution is 5.96. The molecule has 0 spiro atoms. The van der Waals surface area contributed by atoms with Crippen molar-refractivity contribution < 1.29 is 18.0 Å². The number of nitrogens with zero attached hydrogens (tertiary/aromatic N) is 4. The van der Waals surface area contributed by atoms with Gasteiger partial charge in [0.2, 0.25) is 11.8 Å². The summed E-state index contributed by atoms with van der Waals surface area (Å²) < 4.78 is 42.4. The van der Waals surface area contributed by atoms with E-state index in [0.717, 1.165) is 31.5 Å². The molecule has 1 saturated carbocycles. The Morgan fingerprint density at radius 2 is 2.06 bits per heavy atom.